The first-order valence-corrected chi connectivity index (χ1v) is 8.56. The number of aromatic carboxylic acids is 1. The minimum atomic E-state index is -1.01. The summed E-state index contributed by atoms with van der Waals surface area (Å²) in [7, 11) is 0. The van der Waals surface area contributed by atoms with Crippen molar-refractivity contribution in [3.63, 3.8) is 0 Å². The Bertz CT molecular complexity index is 1070. The van der Waals surface area contributed by atoms with E-state index in [0.29, 0.717) is 27.6 Å². The molecule has 0 aromatic carbocycles. The molecule has 1 N–H and O–H groups in total. The molecule has 0 spiro atoms. The molecule has 0 radical (unpaired) electrons. The standard InChI is InChI=1S/C17H11ClN4O2S/c18-15-2-1-14(25-15)13-7-11(17(23)24)12-8-20-22(16(12)21-13)9-10-3-5-19-6-4-10/h1-8H,9H2,(H,23,24). The van der Waals surface area contributed by atoms with E-state index in [0.717, 1.165) is 10.4 Å². The van der Waals surface area contributed by atoms with Crippen LogP contribution in [0.4, 0.5) is 0 Å². The predicted molar refractivity (Wildman–Crippen MR) is 96.1 cm³/mol. The molecule has 8 heteroatoms. The summed E-state index contributed by atoms with van der Waals surface area (Å²) in [6, 6.07) is 8.92. The zero-order chi connectivity index (χ0) is 17.4. The number of hydrogen-bond donors (Lipinski definition) is 1. The molecule has 25 heavy (non-hydrogen) atoms. The molecule has 6 nitrogen and oxygen atoms in total. The lowest BCUT2D eigenvalue weighted by molar-refractivity contribution is 0.0699. The van der Waals surface area contributed by atoms with Crippen molar-refractivity contribution in [3.8, 4) is 10.6 Å². The Kier molecular flexibility index (Phi) is 3.95. The lowest BCUT2D eigenvalue weighted by Gasteiger charge is -2.06. The summed E-state index contributed by atoms with van der Waals surface area (Å²) >= 11 is 7.35. The van der Waals surface area contributed by atoms with E-state index in [9.17, 15) is 9.90 Å². The quantitative estimate of drug-likeness (QED) is 0.588. The average molecular weight is 371 g/mol. The molecule has 124 valence electrons. The van der Waals surface area contributed by atoms with Gasteiger partial charge in [-0.15, -0.1) is 11.3 Å². The summed E-state index contributed by atoms with van der Waals surface area (Å²) in [6.45, 7) is 0.479. The van der Waals surface area contributed by atoms with E-state index in [1.807, 2.05) is 18.2 Å². The number of hydrogen-bond acceptors (Lipinski definition) is 5. The van der Waals surface area contributed by atoms with Crippen molar-refractivity contribution in [2.75, 3.05) is 0 Å². The maximum absolute atomic E-state index is 11.7. The topological polar surface area (TPSA) is 80.9 Å². The first kappa shape index (κ1) is 15.7. The molecule has 4 aromatic rings. The average Bonchev–Trinajstić information content (AvgIpc) is 3.21. The number of aromatic nitrogens is 4. The molecule has 0 aliphatic heterocycles. The number of thiophene rings is 1. The third-order valence-corrected chi connectivity index (χ3v) is 5.00. The second-order valence-corrected chi connectivity index (χ2v) is 7.07. The molecule has 0 saturated heterocycles. The van der Waals surface area contributed by atoms with Gasteiger partial charge in [0.15, 0.2) is 5.65 Å². The van der Waals surface area contributed by atoms with Crippen LogP contribution in [0, 0.1) is 0 Å². The van der Waals surface area contributed by atoms with Crippen molar-refractivity contribution in [3.05, 3.63) is 64.4 Å². The summed E-state index contributed by atoms with van der Waals surface area (Å²) in [6.07, 6.45) is 4.95. The van der Waals surface area contributed by atoms with Gasteiger partial charge < -0.3 is 5.11 Å². The molecule has 4 heterocycles. The van der Waals surface area contributed by atoms with Crippen LogP contribution < -0.4 is 0 Å². The van der Waals surface area contributed by atoms with Gasteiger partial charge in [-0.25, -0.2) is 14.5 Å². The number of carboxylic acid groups (broad SMARTS) is 1. The zero-order valence-corrected chi connectivity index (χ0v) is 14.3. The first-order valence-electron chi connectivity index (χ1n) is 7.36. The van der Waals surface area contributed by atoms with Crippen molar-refractivity contribution in [2.24, 2.45) is 0 Å². The Morgan fingerprint density at radius 2 is 2.04 bits per heavy atom. The Morgan fingerprint density at radius 1 is 1.24 bits per heavy atom. The fourth-order valence-corrected chi connectivity index (χ4v) is 3.58. The molecule has 0 aliphatic rings. The lowest BCUT2D eigenvalue weighted by atomic mass is 10.1. The Balaban J connectivity index is 1.88. The second kappa shape index (κ2) is 6.27. The van der Waals surface area contributed by atoms with Crippen LogP contribution in [0.25, 0.3) is 21.6 Å². The van der Waals surface area contributed by atoms with Crippen LogP contribution in [0.15, 0.2) is 48.9 Å². The molecular weight excluding hydrogens is 360 g/mol. The molecule has 0 saturated carbocycles. The smallest absolute Gasteiger partial charge is 0.336 e. The van der Waals surface area contributed by atoms with E-state index in [1.54, 1.807) is 29.2 Å². The van der Waals surface area contributed by atoms with Gasteiger partial charge >= 0.3 is 5.97 Å². The first-order chi connectivity index (χ1) is 12.1. The normalized spacial score (nSPS) is 11.1. The number of carbonyl (C=O) groups is 1. The van der Waals surface area contributed by atoms with Crippen molar-refractivity contribution >= 4 is 39.9 Å². The van der Waals surface area contributed by atoms with Gasteiger partial charge in [0.1, 0.15) is 0 Å². The third-order valence-electron chi connectivity index (χ3n) is 3.75. The summed E-state index contributed by atoms with van der Waals surface area (Å²) in [5.41, 5.74) is 2.27. The number of rotatable bonds is 4. The Labute approximate surface area is 151 Å². The molecule has 4 rings (SSSR count). The lowest BCUT2D eigenvalue weighted by Crippen LogP contribution is -2.05. The SMILES string of the molecule is O=C(O)c1cc(-c2ccc(Cl)s2)nc2c1cnn2Cc1ccncc1. The molecule has 0 fully saturated rings. The van der Waals surface area contributed by atoms with Gasteiger partial charge in [-0.05, 0) is 35.9 Å². The molecule has 0 atom stereocenters. The van der Waals surface area contributed by atoms with Crippen LogP contribution >= 0.6 is 22.9 Å². The van der Waals surface area contributed by atoms with Gasteiger partial charge in [0.25, 0.3) is 0 Å². The van der Waals surface area contributed by atoms with Crippen LogP contribution in [-0.2, 0) is 6.54 Å². The summed E-state index contributed by atoms with van der Waals surface area (Å²) in [4.78, 5) is 21.1. The second-order valence-electron chi connectivity index (χ2n) is 5.36. The van der Waals surface area contributed by atoms with Gasteiger partial charge in [-0.1, -0.05) is 11.6 Å². The minimum Gasteiger partial charge on any atom is -0.478 e. The van der Waals surface area contributed by atoms with Crippen LogP contribution in [0.2, 0.25) is 4.34 Å². The Hall–Kier alpha value is -2.77. The van der Waals surface area contributed by atoms with Crippen molar-refractivity contribution in [1.29, 1.82) is 0 Å². The molecule has 0 unspecified atom stereocenters. The molecule has 0 amide bonds. The molecular formula is C17H11ClN4O2S. The summed E-state index contributed by atoms with van der Waals surface area (Å²) in [5.74, 6) is -1.01. The fourth-order valence-electron chi connectivity index (χ4n) is 2.58. The highest BCUT2D eigenvalue weighted by Gasteiger charge is 2.17. The third kappa shape index (κ3) is 2.99. The van der Waals surface area contributed by atoms with Gasteiger partial charge in [-0.2, -0.15) is 5.10 Å². The van der Waals surface area contributed by atoms with Gasteiger partial charge in [0.05, 0.1) is 38.6 Å². The van der Waals surface area contributed by atoms with E-state index >= 15 is 0 Å². The van der Waals surface area contributed by atoms with Crippen molar-refractivity contribution in [2.45, 2.75) is 6.54 Å². The number of nitrogens with zero attached hydrogens (tertiary/aromatic N) is 4. The summed E-state index contributed by atoms with van der Waals surface area (Å²) in [5, 5.41) is 14.4. The zero-order valence-electron chi connectivity index (χ0n) is 12.8. The van der Waals surface area contributed by atoms with Crippen molar-refractivity contribution in [1.82, 2.24) is 19.7 Å². The van der Waals surface area contributed by atoms with Gasteiger partial charge in [0, 0.05) is 12.4 Å². The van der Waals surface area contributed by atoms with Crippen LogP contribution in [0.3, 0.4) is 0 Å². The maximum atomic E-state index is 11.7. The molecule has 0 aliphatic carbocycles. The molecule has 4 aromatic heterocycles. The number of halogens is 1. The molecule has 0 bridgehead atoms. The van der Waals surface area contributed by atoms with Crippen LogP contribution in [0.5, 0.6) is 0 Å². The number of carboxylic acids is 1. The Morgan fingerprint density at radius 3 is 2.72 bits per heavy atom. The fraction of sp³-hybridized carbons (Fsp3) is 0.0588. The monoisotopic (exact) mass is 370 g/mol. The minimum absolute atomic E-state index is 0.172. The van der Waals surface area contributed by atoms with E-state index in [4.69, 9.17) is 11.6 Å². The number of fused-ring (bicyclic) bond motifs is 1. The van der Waals surface area contributed by atoms with Crippen LogP contribution in [-0.4, -0.2) is 30.8 Å². The highest BCUT2D eigenvalue weighted by molar-refractivity contribution is 7.19. The van der Waals surface area contributed by atoms with E-state index in [-0.39, 0.29) is 5.56 Å². The maximum Gasteiger partial charge on any atom is 0.336 e. The van der Waals surface area contributed by atoms with E-state index < -0.39 is 5.97 Å². The summed E-state index contributed by atoms with van der Waals surface area (Å²) < 4.78 is 2.31. The van der Waals surface area contributed by atoms with Crippen molar-refractivity contribution < 1.29 is 9.90 Å². The van der Waals surface area contributed by atoms with Crippen LogP contribution in [0.1, 0.15) is 15.9 Å². The largest absolute Gasteiger partial charge is 0.478 e. The van der Waals surface area contributed by atoms with E-state index in [1.165, 1.54) is 17.5 Å². The van der Waals surface area contributed by atoms with Gasteiger partial charge in [-0.3, -0.25) is 4.98 Å². The van der Waals surface area contributed by atoms with Gasteiger partial charge in [0.2, 0.25) is 0 Å². The number of pyridine rings is 2. The predicted octanol–water partition coefficient (Wildman–Crippen LogP) is 3.95. The highest BCUT2D eigenvalue weighted by atomic mass is 35.5. The van der Waals surface area contributed by atoms with E-state index in [2.05, 4.69) is 15.1 Å². The highest BCUT2D eigenvalue weighted by Crippen LogP contribution is 2.32.